The molecule has 0 saturated carbocycles. The fraction of sp³-hybridized carbons (Fsp3) is 0.200. The Morgan fingerprint density at radius 3 is 2.48 bits per heavy atom. The van der Waals surface area contributed by atoms with Crippen LogP contribution in [-0.4, -0.2) is 16.9 Å². The molecule has 0 aliphatic carbocycles. The van der Waals surface area contributed by atoms with Crippen LogP contribution in [0, 0.1) is 10.1 Å². The Balaban J connectivity index is 2.07. The lowest BCUT2D eigenvalue weighted by atomic mass is 10.1. The van der Waals surface area contributed by atoms with Crippen molar-refractivity contribution >= 4 is 33.2 Å². The quantitative estimate of drug-likeness (QED) is 0.569. The number of rotatable bonds is 5. The minimum Gasteiger partial charge on any atom is -0.298 e. The van der Waals surface area contributed by atoms with Gasteiger partial charge in [0.2, 0.25) is 0 Å². The van der Waals surface area contributed by atoms with Crippen LogP contribution in [0.4, 0.5) is 5.69 Å². The fourth-order valence-corrected chi connectivity index (χ4v) is 2.74. The molecule has 4 nitrogen and oxygen atoms in total. The van der Waals surface area contributed by atoms with Crippen LogP contribution in [0.15, 0.2) is 46.9 Å². The first-order valence-electron chi connectivity index (χ1n) is 6.31. The van der Waals surface area contributed by atoms with Gasteiger partial charge in [-0.2, -0.15) is 0 Å². The molecule has 0 unspecified atom stereocenters. The van der Waals surface area contributed by atoms with Gasteiger partial charge in [-0.15, -0.1) is 0 Å². The van der Waals surface area contributed by atoms with E-state index < -0.39 is 4.92 Å². The molecule has 0 heterocycles. The van der Waals surface area contributed by atoms with Crippen LogP contribution in [0.2, 0.25) is 5.02 Å². The number of nitro benzene ring substituents is 1. The Bertz CT molecular complexity index is 664. The van der Waals surface area contributed by atoms with Crippen LogP contribution in [0.25, 0.3) is 0 Å². The third-order valence-electron chi connectivity index (χ3n) is 3.00. The molecule has 0 bridgehead atoms. The van der Waals surface area contributed by atoms with Gasteiger partial charge in [-0.3, -0.25) is 15.0 Å². The van der Waals surface area contributed by atoms with Gasteiger partial charge in [-0.1, -0.05) is 45.7 Å². The molecule has 0 fully saturated rings. The average molecular weight is 370 g/mol. The molecule has 0 amide bonds. The second-order valence-electron chi connectivity index (χ2n) is 4.85. The lowest BCUT2D eigenvalue weighted by Crippen LogP contribution is -2.17. The minimum atomic E-state index is -0.458. The molecule has 0 atom stereocenters. The minimum absolute atomic E-state index is 0.0509. The summed E-state index contributed by atoms with van der Waals surface area (Å²) in [5.41, 5.74) is 1.99. The highest BCUT2D eigenvalue weighted by Crippen LogP contribution is 2.25. The van der Waals surface area contributed by atoms with Crippen LogP contribution in [0.5, 0.6) is 0 Å². The van der Waals surface area contributed by atoms with E-state index in [1.807, 2.05) is 31.3 Å². The van der Waals surface area contributed by atoms with Crippen molar-refractivity contribution < 1.29 is 4.92 Å². The summed E-state index contributed by atoms with van der Waals surface area (Å²) in [6.45, 7) is 1.38. The topological polar surface area (TPSA) is 46.4 Å². The molecule has 110 valence electrons. The highest BCUT2D eigenvalue weighted by molar-refractivity contribution is 9.10. The number of hydrogen-bond donors (Lipinski definition) is 0. The summed E-state index contributed by atoms with van der Waals surface area (Å²) in [6, 6.07) is 13.0. The van der Waals surface area contributed by atoms with E-state index in [1.165, 1.54) is 11.6 Å². The highest BCUT2D eigenvalue weighted by Gasteiger charge is 2.13. The van der Waals surface area contributed by atoms with Gasteiger partial charge in [0.1, 0.15) is 5.02 Å². The third kappa shape index (κ3) is 4.52. The van der Waals surface area contributed by atoms with Crippen molar-refractivity contribution in [3.63, 3.8) is 0 Å². The summed E-state index contributed by atoms with van der Waals surface area (Å²) in [7, 11) is 1.97. The Hall–Kier alpha value is -1.43. The Labute approximate surface area is 136 Å². The van der Waals surface area contributed by atoms with Crippen LogP contribution >= 0.6 is 27.5 Å². The van der Waals surface area contributed by atoms with Gasteiger partial charge in [-0.25, -0.2) is 0 Å². The number of halogens is 2. The van der Waals surface area contributed by atoms with Gasteiger partial charge in [0.05, 0.1) is 4.92 Å². The monoisotopic (exact) mass is 368 g/mol. The molecule has 6 heteroatoms. The van der Waals surface area contributed by atoms with Gasteiger partial charge in [0.25, 0.3) is 5.69 Å². The van der Waals surface area contributed by atoms with Gasteiger partial charge in [-0.05, 0) is 36.4 Å². The van der Waals surface area contributed by atoms with Crippen LogP contribution < -0.4 is 0 Å². The first-order chi connectivity index (χ1) is 9.95. The molecule has 0 aromatic heterocycles. The lowest BCUT2D eigenvalue weighted by Gasteiger charge is -2.17. The number of hydrogen-bond acceptors (Lipinski definition) is 3. The maximum Gasteiger partial charge on any atom is 0.288 e. The fourth-order valence-electron chi connectivity index (χ4n) is 2.11. The molecular formula is C15H14BrClN2O2. The van der Waals surface area contributed by atoms with Crippen molar-refractivity contribution in [1.29, 1.82) is 0 Å². The predicted molar refractivity (Wildman–Crippen MR) is 87.4 cm³/mol. The van der Waals surface area contributed by atoms with Gasteiger partial charge in [0.15, 0.2) is 0 Å². The molecule has 0 N–H and O–H groups in total. The van der Waals surface area contributed by atoms with E-state index >= 15 is 0 Å². The van der Waals surface area contributed by atoms with E-state index in [2.05, 4.69) is 26.9 Å². The molecule has 2 aromatic rings. The largest absolute Gasteiger partial charge is 0.298 e. The highest BCUT2D eigenvalue weighted by atomic mass is 79.9. The van der Waals surface area contributed by atoms with E-state index in [0.717, 1.165) is 16.6 Å². The van der Waals surface area contributed by atoms with Crippen LogP contribution in [0.1, 0.15) is 11.1 Å². The van der Waals surface area contributed by atoms with Crippen molar-refractivity contribution in [2.24, 2.45) is 0 Å². The van der Waals surface area contributed by atoms with Gasteiger partial charge >= 0.3 is 0 Å². The lowest BCUT2D eigenvalue weighted by molar-refractivity contribution is -0.384. The maximum absolute atomic E-state index is 10.9. The van der Waals surface area contributed by atoms with Gasteiger partial charge < -0.3 is 0 Å². The van der Waals surface area contributed by atoms with E-state index in [0.29, 0.717) is 6.54 Å². The van der Waals surface area contributed by atoms with Crippen molar-refractivity contribution in [3.05, 3.63) is 73.2 Å². The van der Waals surface area contributed by atoms with Crippen molar-refractivity contribution in [2.45, 2.75) is 13.1 Å². The molecule has 2 aromatic carbocycles. The standard InChI is InChI=1S/C15H14BrClN2O2/c1-18(9-11-3-2-4-13(16)7-11)10-12-5-6-14(17)15(8-12)19(20)21/h2-8H,9-10H2,1H3. The van der Waals surface area contributed by atoms with Crippen LogP contribution in [-0.2, 0) is 13.1 Å². The summed E-state index contributed by atoms with van der Waals surface area (Å²) < 4.78 is 1.04. The SMILES string of the molecule is CN(Cc1cccc(Br)c1)Cc1ccc(Cl)c([N+](=O)[O-])c1. The van der Waals surface area contributed by atoms with Crippen molar-refractivity contribution in [3.8, 4) is 0 Å². The number of nitro groups is 1. The predicted octanol–water partition coefficient (Wildman–Crippen LogP) is 4.64. The first-order valence-corrected chi connectivity index (χ1v) is 7.48. The van der Waals surface area contributed by atoms with E-state index in [4.69, 9.17) is 11.6 Å². The summed E-state index contributed by atoms with van der Waals surface area (Å²) in [5, 5.41) is 11.1. The maximum atomic E-state index is 10.9. The zero-order chi connectivity index (χ0) is 15.4. The number of benzene rings is 2. The second kappa shape index (κ2) is 7.02. The Kier molecular flexibility index (Phi) is 5.33. The average Bonchev–Trinajstić information content (AvgIpc) is 2.40. The van der Waals surface area contributed by atoms with E-state index in [9.17, 15) is 10.1 Å². The molecule has 0 spiro atoms. The third-order valence-corrected chi connectivity index (χ3v) is 3.81. The zero-order valence-electron chi connectivity index (χ0n) is 11.4. The molecule has 21 heavy (non-hydrogen) atoms. The Morgan fingerprint density at radius 2 is 1.86 bits per heavy atom. The van der Waals surface area contributed by atoms with Gasteiger partial charge in [0, 0.05) is 23.6 Å². The van der Waals surface area contributed by atoms with Crippen molar-refractivity contribution in [1.82, 2.24) is 4.90 Å². The molecule has 0 saturated heterocycles. The summed E-state index contributed by atoms with van der Waals surface area (Å²) in [6.07, 6.45) is 0. The smallest absolute Gasteiger partial charge is 0.288 e. The van der Waals surface area contributed by atoms with Crippen LogP contribution in [0.3, 0.4) is 0 Å². The normalized spacial score (nSPS) is 10.9. The molecule has 0 aliphatic rings. The summed E-state index contributed by atoms with van der Waals surface area (Å²) in [4.78, 5) is 12.5. The molecule has 0 radical (unpaired) electrons. The number of nitrogens with zero attached hydrogens (tertiary/aromatic N) is 2. The molecule has 2 rings (SSSR count). The first kappa shape index (κ1) is 15.9. The second-order valence-corrected chi connectivity index (χ2v) is 6.17. The zero-order valence-corrected chi connectivity index (χ0v) is 13.8. The van der Waals surface area contributed by atoms with E-state index in [-0.39, 0.29) is 10.7 Å². The molecular weight excluding hydrogens is 356 g/mol. The summed E-state index contributed by atoms with van der Waals surface area (Å²) >= 11 is 9.26. The van der Waals surface area contributed by atoms with E-state index in [1.54, 1.807) is 6.07 Å². The molecule has 0 aliphatic heterocycles. The van der Waals surface area contributed by atoms with Crippen molar-refractivity contribution in [2.75, 3.05) is 7.05 Å². The Morgan fingerprint density at radius 1 is 1.19 bits per heavy atom. The summed E-state index contributed by atoms with van der Waals surface area (Å²) in [5.74, 6) is 0.